The van der Waals surface area contributed by atoms with Crippen molar-refractivity contribution in [3.63, 3.8) is 0 Å². The van der Waals surface area contributed by atoms with Gasteiger partial charge in [0.2, 0.25) is 0 Å². The molecule has 0 amide bonds. The van der Waals surface area contributed by atoms with Crippen LogP contribution in [0.5, 0.6) is 5.75 Å². The lowest BCUT2D eigenvalue weighted by atomic mass is 10.1. The Bertz CT molecular complexity index is 487. The molecule has 0 bridgehead atoms. The molecule has 0 aliphatic rings. The maximum absolute atomic E-state index is 5.80. The van der Waals surface area contributed by atoms with E-state index in [-0.39, 0.29) is 0 Å². The Kier molecular flexibility index (Phi) is 7.86. The SMILES string of the molecule is CC.CCCCCCCOc1ccc2[nH]cc(C)c2c1. The predicted molar refractivity (Wildman–Crippen MR) is 88.6 cm³/mol. The lowest BCUT2D eigenvalue weighted by Gasteiger charge is -2.06. The van der Waals surface area contributed by atoms with Crippen molar-refractivity contribution in [1.82, 2.24) is 4.98 Å². The highest BCUT2D eigenvalue weighted by molar-refractivity contribution is 5.84. The molecule has 0 aliphatic heterocycles. The molecule has 0 aliphatic carbocycles. The van der Waals surface area contributed by atoms with Gasteiger partial charge < -0.3 is 9.72 Å². The van der Waals surface area contributed by atoms with Gasteiger partial charge in [0.25, 0.3) is 0 Å². The number of aromatic nitrogens is 1. The minimum Gasteiger partial charge on any atom is -0.494 e. The van der Waals surface area contributed by atoms with Crippen molar-refractivity contribution in [3.05, 3.63) is 30.0 Å². The molecule has 0 radical (unpaired) electrons. The van der Waals surface area contributed by atoms with Gasteiger partial charge in [-0.25, -0.2) is 0 Å². The van der Waals surface area contributed by atoms with Crippen molar-refractivity contribution in [3.8, 4) is 5.75 Å². The molecule has 1 heterocycles. The third-order valence-corrected chi connectivity index (χ3v) is 3.38. The average Bonchev–Trinajstić information content (AvgIpc) is 2.86. The Labute approximate surface area is 123 Å². The molecule has 1 aromatic heterocycles. The number of unbranched alkanes of at least 4 members (excludes halogenated alkanes) is 4. The quantitative estimate of drug-likeness (QED) is 0.630. The van der Waals surface area contributed by atoms with Gasteiger partial charge in [-0.15, -0.1) is 0 Å². The van der Waals surface area contributed by atoms with E-state index >= 15 is 0 Å². The van der Waals surface area contributed by atoms with Gasteiger partial charge in [0.05, 0.1) is 6.61 Å². The number of nitrogens with one attached hydrogen (secondary N) is 1. The Morgan fingerprint density at radius 3 is 2.55 bits per heavy atom. The number of hydrogen-bond acceptors (Lipinski definition) is 1. The molecular formula is C18H29NO. The second kappa shape index (κ2) is 9.46. The summed E-state index contributed by atoms with van der Waals surface area (Å²) in [4.78, 5) is 3.25. The van der Waals surface area contributed by atoms with E-state index in [1.807, 2.05) is 26.1 Å². The van der Waals surface area contributed by atoms with E-state index in [1.54, 1.807) is 0 Å². The summed E-state index contributed by atoms with van der Waals surface area (Å²) in [6.07, 6.45) is 8.44. The van der Waals surface area contributed by atoms with Crippen LogP contribution in [-0.2, 0) is 0 Å². The molecule has 1 aromatic carbocycles. The molecule has 112 valence electrons. The van der Waals surface area contributed by atoms with Crippen LogP contribution < -0.4 is 4.74 Å². The van der Waals surface area contributed by atoms with Crippen LogP contribution in [0.4, 0.5) is 0 Å². The van der Waals surface area contributed by atoms with Crippen LogP contribution in [0.1, 0.15) is 58.4 Å². The van der Waals surface area contributed by atoms with Gasteiger partial charge in [-0.2, -0.15) is 0 Å². The van der Waals surface area contributed by atoms with Crippen molar-refractivity contribution in [2.75, 3.05) is 6.61 Å². The largest absolute Gasteiger partial charge is 0.494 e. The number of fused-ring (bicyclic) bond motifs is 1. The zero-order valence-electron chi connectivity index (χ0n) is 13.5. The lowest BCUT2D eigenvalue weighted by Crippen LogP contribution is -1.97. The number of hydrogen-bond donors (Lipinski definition) is 1. The maximum Gasteiger partial charge on any atom is 0.120 e. The molecule has 0 fully saturated rings. The highest BCUT2D eigenvalue weighted by Gasteiger charge is 2.01. The van der Waals surface area contributed by atoms with Crippen molar-refractivity contribution >= 4 is 10.9 Å². The summed E-state index contributed by atoms with van der Waals surface area (Å²) in [5.74, 6) is 0.987. The average molecular weight is 275 g/mol. The predicted octanol–water partition coefficient (Wildman–Crippen LogP) is 5.85. The van der Waals surface area contributed by atoms with E-state index in [9.17, 15) is 0 Å². The fourth-order valence-electron chi connectivity index (χ4n) is 2.22. The Balaban J connectivity index is 0.000000956. The lowest BCUT2D eigenvalue weighted by molar-refractivity contribution is 0.305. The summed E-state index contributed by atoms with van der Waals surface area (Å²) in [5.41, 5.74) is 2.46. The van der Waals surface area contributed by atoms with E-state index < -0.39 is 0 Å². The summed E-state index contributed by atoms with van der Waals surface area (Å²) in [5, 5.41) is 1.26. The van der Waals surface area contributed by atoms with Gasteiger partial charge in [0.1, 0.15) is 5.75 Å². The van der Waals surface area contributed by atoms with E-state index in [2.05, 4.69) is 31.0 Å². The van der Waals surface area contributed by atoms with Gasteiger partial charge in [-0.1, -0.05) is 46.5 Å². The minimum absolute atomic E-state index is 0.832. The summed E-state index contributed by atoms with van der Waals surface area (Å²) in [7, 11) is 0. The van der Waals surface area contributed by atoms with E-state index in [4.69, 9.17) is 4.74 Å². The molecule has 2 nitrogen and oxygen atoms in total. The van der Waals surface area contributed by atoms with Crippen molar-refractivity contribution in [1.29, 1.82) is 0 Å². The normalized spacial score (nSPS) is 10.2. The molecule has 2 rings (SSSR count). The molecule has 1 N–H and O–H groups in total. The summed E-state index contributed by atoms with van der Waals surface area (Å²) < 4.78 is 5.80. The fourth-order valence-corrected chi connectivity index (χ4v) is 2.22. The molecule has 0 atom stereocenters. The molecule has 20 heavy (non-hydrogen) atoms. The van der Waals surface area contributed by atoms with Crippen LogP contribution in [0, 0.1) is 6.92 Å². The fraction of sp³-hybridized carbons (Fsp3) is 0.556. The Morgan fingerprint density at radius 2 is 1.80 bits per heavy atom. The van der Waals surface area contributed by atoms with E-state index in [1.165, 1.54) is 42.1 Å². The number of ether oxygens (including phenoxy) is 1. The maximum atomic E-state index is 5.80. The zero-order chi connectivity index (χ0) is 14.8. The topological polar surface area (TPSA) is 25.0 Å². The summed E-state index contributed by atoms with van der Waals surface area (Å²) >= 11 is 0. The highest BCUT2D eigenvalue weighted by Crippen LogP contribution is 2.23. The van der Waals surface area contributed by atoms with Crippen LogP contribution in [-0.4, -0.2) is 11.6 Å². The first-order valence-electron chi connectivity index (χ1n) is 8.02. The standard InChI is InChI=1S/C16H23NO.C2H6/c1-3-4-5-6-7-10-18-14-8-9-16-15(11-14)13(2)12-17-16;1-2/h8-9,11-12,17H,3-7,10H2,1-2H3;1-2H3. The number of benzene rings is 1. The number of rotatable bonds is 7. The van der Waals surface area contributed by atoms with E-state index in [0.29, 0.717) is 0 Å². The molecule has 2 aromatic rings. The van der Waals surface area contributed by atoms with Crippen LogP contribution in [0.2, 0.25) is 0 Å². The van der Waals surface area contributed by atoms with Crippen LogP contribution >= 0.6 is 0 Å². The Morgan fingerprint density at radius 1 is 1.05 bits per heavy atom. The highest BCUT2D eigenvalue weighted by atomic mass is 16.5. The second-order valence-corrected chi connectivity index (χ2v) is 4.94. The van der Waals surface area contributed by atoms with Gasteiger partial charge in [-0.3, -0.25) is 0 Å². The van der Waals surface area contributed by atoms with Crippen LogP contribution in [0.15, 0.2) is 24.4 Å². The third-order valence-electron chi connectivity index (χ3n) is 3.38. The first kappa shape index (κ1) is 16.6. The van der Waals surface area contributed by atoms with Crippen LogP contribution in [0.3, 0.4) is 0 Å². The van der Waals surface area contributed by atoms with Crippen molar-refractivity contribution in [2.24, 2.45) is 0 Å². The number of aryl methyl sites for hydroxylation is 1. The molecule has 0 saturated heterocycles. The third kappa shape index (κ3) is 4.92. The van der Waals surface area contributed by atoms with Gasteiger partial charge >= 0.3 is 0 Å². The second-order valence-electron chi connectivity index (χ2n) is 4.94. The number of aromatic amines is 1. The first-order chi connectivity index (χ1) is 9.81. The zero-order valence-corrected chi connectivity index (χ0v) is 13.5. The Hall–Kier alpha value is -1.44. The molecular weight excluding hydrogens is 246 g/mol. The van der Waals surface area contributed by atoms with Gasteiger partial charge in [-0.05, 0) is 37.1 Å². The minimum atomic E-state index is 0.832. The number of H-pyrrole nitrogens is 1. The van der Waals surface area contributed by atoms with E-state index in [0.717, 1.165) is 18.8 Å². The molecule has 0 saturated carbocycles. The summed E-state index contributed by atoms with van der Waals surface area (Å²) in [6.45, 7) is 9.19. The summed E-state index contributed by atoms with van der Waals surface area (Å²) in [6, 6.07) is 6.27. The molecule has 0 spiro atoms. The van der Waals surface area contributed by atoms with Gasteiger partial charge in [0.15, 0.2) is 0 Å². The molecule has 0 unspecified atom stereocenters. The monoisotopic (exact) mass is 275 g/mol. The smallest absolute Gasteiger partial charge is 0.120 e. The molecule has 2 heteroatoms. The van der Waals surface area contributed by atoms with Crippen molar-refractivity contribution < 1.29 is 4.74 Å². The first-order valence-corrected chi connectivity index (χ1v) is 8.02. The van der Waals surface area contributed by atoms with Crippen molar-refractivity contribution in [2.45, 2.75) is 59.8 Å². The van der Waals surface area contributed by atoms with Gasteiger partial charge in [0, 0.05) is 17.1 Å². The van der Waals surface area contributed by atoms with Crippen LogP contribution in [0.25, 0.3) is 10.9 Å².